The largest absolute Gasteiger partial charge is 0.480 e. The van der Waals surface area contributed by atoms with Crippen molar-refractivity contribution in [3.8, 4) is 12.3 Å². The molecule has 12 heteroatoms. The summed E-state index contributed by atoms with van der Waals surface area (Å²) in [5, 5.41) is 8.39. The van der Waals surface area contributed by atoms with Crippen LogP contribution in [-0.4, -0.2) is 143 Å². The van der Waals surface area contributed by atoms with Gasteiger partial charge in [0.1, 0.15) is 13.2 Å². The van der Waals surface area contributed by atoms with Gasteiger partial charge in [0.2, 0.25) is 0 Å². The molecule has 0 unspecified atom stereocenters. The van der Waals surface area contributed by atoms with E-state index in [0.717, 1.165) is 0 Å². The molecule has 0 aliphatic carbocycles. The van der Waals surface area contributed by atoms with Crippen LogP contribution in [0.3, 0.4) is 0 Å². The molecule has 0 aliphatic heterocycles. The average Bonchev–Trinajstić information content (AvgIpc) is 2.85. The molecule has 1 N–H and O–H groups in total. The van der Waals surface area contributed by atoms with Gasteiger partial charge >= 0.3 is 5.97 Å². The van der Waals surface area contributed by atoms with E-state index in [1.807, 2.05) is 0 Å². The van der Waals surface area contributed by atoms with Gasteiger partial charge in [0.25, 0.3) is 0 Å². The first-order chi connectivity index (χ1) is 17.3. The fourth-order valence-electron chi connectivity index (χ4n) is 2.17. The van der Waals surface area contributed by atoms with Crippen LogP contribution in [0.15, 0.2) is 0 Å². The Kier molecular flexibility index (Phi) is 29.5. The van der Waals surface area contributed by atoms with E-state index in [1.54, 1.807) is 0 Å². The highest BCUT2D eigenvalue weighted by Gasteiger charge is 1.97. The molecule has 0 saturated heterocycles. The van der Waals surface area contributed by atoms with Gasteiger partial charge in [0, 0.05) is 0 Å². The van der Waals surface area contributed by atoms with E-state index in [9.17, 15) is 4.79 Å². The van der Waals surface area contributed by atoms with Crippen molar-refractivity contribution >= 4 is 5.97 Å². The molecule has 0 radical (unpaired) electrons. The molecule has 35 heavy (non-hydrogen) atoms. The number of rotatable bonds is 30. The fraction of sp³-hybridized carbons (Fsp3) is 0.870. The zero-order valence-corrected chi connectivity index (χ0v) is 20.7. The standard InChI is InChI=1S/C23H42O12/c1-2-3-26-4-5-27-6-7-28-8-9-29-10-11-30-12-13-31-14-15-32-16-17-33-18-19-34-20-21-35-22-23(24)25/h1H,3-22H2,(H,24,25). The Morgan fingerprint density at radius 3 is 0.914 bits per heavy atom. The summed E-state index contributed by atoms with van der Waals surface area (Å²) >= 11 is 0. The third kappa shape index (κ3) is 32.6. The van der Waals surface area contributed by atoms with Crippen molar-refractivity contribution in [2.45, 2.75) is 0 Å². The Morgan fingerprint density at radius 2 is 0.686 bits per heavy atom. The average molecular weight is 511 g/mol. The Morgan fingerprint density at radius 1 is 0.457 bits per heavy atom. The number of carbonyl (C=O) groups is 1. The van der Waals surface area contributed by atoms with Crippen LogP contribution in [0.5, 0.6) is 0 Å². The topological polar surface area (TPSA) is 130 Å². The first kappa shape index (κ1) is 33.6. The van der Waals surface area contributed by atoms with Crippen molar-refractivity contribution in [1.29, 1.82) is 0 Å². The predicted molar refractivity (Wildman–Crippen MR) is 125 cm³/mol. The summed E-state index contributed by atoms with van der Waals surface area (Å²) in [6.45, 7) is 8.30. The first-order valence-electron chi connectivity index (χ1n) is 11.7. The smallest absolute Gasteiger partial charge is 0.329 e. The van der Waals surface area contributed by atoms with Crippen molar-refractivity contribution in [2.24, 2.45) is 0 Å². The van der Waals surface area contributed by atoms with E-state index in [-0.39, 0.29) is 13.2 Å². The van der Waals surface area contributed by atoms with E-state index >= 15 is 0 Å². The van der Waals surface area contributed by atoms with Crippen LogP contribution in [0.25, 0.3) is 0 Å². The molecule has 0 amide bonds. The lowest BCUT2D eigenvalue weighted by Crippen LogP contribution is -2.15. The lowest BCUT2D eigenvalue weighted by atomic mass is 10.6. The minimum atomic E-state index is -0.995. The maximum Gasteiger partial charge on any atom is 0.329 e. The maximum atomic E-state index is 10.2. The van der Waals surface area contributed by atoms with Gasteiger partial charge in [0.05, 0.1) is 119 Å². The summed E-state index contributed by atoms with van der Waals surface area (Å²) < 4.78 is 52.8. The molecule has 0 saturated carbocycles. The van der Waals surface area contributed by atoms with Crippen LogP contribution >= 0.6 is 0 Å². The second kappa shape index (κ2) is 30.7. The van der Waals surface area contributed by atoms with Gasteiger partial charge in [-0.1, -0.05) is 5.92 Å². The molecule has 0 aromatic carbocycles. The highest BCUT2D eigenvalue weighted by Crippen LogP contribution is 1.86. The minimum absolute atomic E-state index is 0.243. The van der Waals surface area contributed by atoms with Gasteiger partial charge in [-0.15, -0.1) is 6.42 Å². The summed E-state index contributed by atoms with van der Waals surface area (Å²) in [6.07, 6.45) is 5.06. The van der Waals surface area contributed by atoms with Gasteiger partial charge < -0.3 is 52.5 Å². The molecule has 0 atom stereocenters. The third-order valence-corrected chi connectivity index (χ3v) is 3.76. The second-order valence-electron chi connectivity index (χ2n) is 6.60. The van der Waals surface area contributed by atoms with Crippen LogP contribution in [0.1, 0.15) is 0 Å². The summed E-state index contributed by atoms with van der Waals surface area (Å²) in [5.41, 5.74) is 0. The quantitative estimate of drug-likeness (QED) is 0.102. The van der Waals surface area contributed by atoms with E-state index in [1.165, 1.54) is 0 Å². The number of terminal acetylenes is 1. The van der Waals surface area contributed by atoms with Crippen LogP contribution in [0.2, 0.25) is 0 Å². The van der Waals surface area contributed by atoms with Crippen molar-refractivity contribution in [1.82, 2.24) is 0 Å². The summed E-state index contributed by atoms with van der Waals surface area (Å²) in [4.78, 5) is 10.2. The SMILES string of the molecule is C#CCOCCOCCOCCOCCOCCOCCOCCOCCOCCOCC(=O)O. The van der Waals surface area contributed by atoms with Crippen LogP contribution in [0, 0.1) is 12.3 Å². The van der Waals surface area contributed by atoms with E-state index in [2.05, 4.69) is 5.92 Å². The van der Waals surface area contributed by atoms with Crippen LogP contribution in [-0.2, 0) is 52.2 Å². The zero-order valence-electron chi connectivity index (χ0n) is 20.7. The molecule has 206 valence electrons. The van der Waals surface area contributed by atoms with Crippen molar-refractivity contribution in [2.75, 3.05) is 132 Å². The van der Waals surface area contributed by atoms with Crippen molar-refractivity contribution in [3.05, 3.63) is 0 Å². The molecule has 0 bridgehead atoms. The molecule has 0 aliphatic rings. The number of hydrogen-bond acceptors (Lipinski definition) is 11. The molecule has 0 fully saturated rings. The van der Waals surface area contributed by atoms with Gasteiger partial charge in [-0.25, -0.2) is 4.79 Å². The zero-order chi connectivity index (χ0) is 25.5. The molecule has 0 aromatic heterocycles. The summed E-state index contributed by atoms with van der Waals surface area (Å²) in [5.74, 6) is 1.39. The lowest BCUT2D eigenvalue weighted by Gasteiger charge is -2.08. The predicted octanol–water partition coefficient (Wildman–Crippen LogP) is -0.130. The van der Waals surface area contributed by atoms with E-state index in [4.69, 9.17) is 58.9 Å². The van der Waals surface area contributed by atoms with Gasteiger partial charge in [-0.05, 0) is 0 Å². The monoisotopic (exact) mass is 510 g/mol. The number of aliphatic carboxylic acids is 1. The van der Waals surface area contributed by atoms with Crippen molar-refractivity contribution < 1.29 is 57.3 Å². The fourth-order valence-corrected chi connectivity index (χ4v) is 2.17. The van der Waals surface area contributed by atoms with E-state index in [0.29, 0.717) is 119 Å². The molecule has 0 rings (SSSR count). The van der Waals surface area contributed by atoms with Crippen LogP contribution < -0.4 is 0 Å². The number of hydrogen-bond donors (Lipinski definition) is 1. The highest BCUT2D eigenvalue weighted by molar-refractivity contribution is 5.67. The third-order valence-electron chi connectivity index (χ3n) is 3.76. The Labute approximate surface area is 208 Å². The minimum Gasteiger partial charge on any atom is -0.480 e. The summed E-state index contributed by atoms with van der Waals surface area (Å²) in [7, 11) is 0. The Balaban J connectivity index is 3.02. The number of carboxylic acid groups (broad SMARTS) is 1. The van der Waals surface area contributed by atoms with Gasteiger partial charge in [-0.2, -0.15) is 0 Å². The van der Waals surface area contributed by atoms with Crippen molar-refractivity contribution in [3.63, 3.8) is 0 Å². The highest BCUT2D eigenvalue weighted by atomic mass is 16.6. The second-order valence-corrected chi connectivity index (χ2v) is 6.60. The maximum absolute atomic E-state index is 10.2. The normalized spacial score (nSPS) is 11.1. The van der Waals surface area contributed by atoms with Crippen LogP contribution in [0.4, 0.5) is 0 Å². The molecule has 12 nitrogen and oxygen atoms in total. The molecular formula is C23H42O12. The molecule has 0 heterocycles. The van der Waals surface area contributed by atoms with E-state index < -0.39 is 5.97 Å². The Hall–Kier alpha value is -1.37. The molecule has 0 spiro atoms. The first-order valence-corrected chi connectivity index (χ1v) is 11.7. The van der Waals surface area contributed by atoms with Gasteiger partial charge in [0.15, 0.2) is 0 Å². The number of carboxylic acids is 1. The molecule has 0 aromatic rings. The number of ether oxygens (including phenoxy) is 10. The van der Waals surface area contributed by atoms with Gasteiger partial charge in [-0.3, -0.25) is 0 Å². The summed E-state index contributed by atoms with van der Waals surface area (Å²) in [6, 6.07) is 0. The Bertz CT molecular complexity index is 472. The molecular weight excluding hydrogens is 468 g/mol. The lowest BCUT2D eigenvalue weighted by molar-refractivity contribution is -0.142.